The van der Waals surface area contributed by atoms with Gasteiger partial charge in [-0.1, -0.05) is 6.07 Å². The lowest BCUT2D eigenvalue weighted by atomic mass is 10.1. The lowest BCUT2D eigenvalue weighted by Crippen LogP contribution is -2.29. The molecule has 0 bridgehead atoms. The van der Waals surface area contributed by atoms with Gasteiger partial charge in [0.15, 0.2) is 0 Å². The number of aromatic nitrogens is 1. The second kappa shape index (κ2) is 5.69. The van der Waals surface area contributed by atoms with E-state index in [0.717, 1.165) is 35.4 Å². The van der Waals surface area contributed by atoms with Gasteiger partial charge in [-0.3, -0.25) is 0 Å². The fourth-order valence-corrected chi connectivity index (χ4v) is 2.08. The smallest absolute Gasteiger partial charge is 0.136 e. The van der Waals surface area contributed by atoms with Gasteiger partial charge in [-0.05, 0) is 30.5 Å². The van der Waals surface area contributed by atoms with E-state index in [-0.39, 0.29) is 0 Å². The summed E-state index contributed by atoms with van der Waals surface area (Å²) in [6.45, 7) is 4.42. The number of hydrogen-bond donors (Lipinski definition) is 1. The van der Waals surface area contributed by atoms with Gasteiger partial charge in [-0.15, -0.1) is 0 Å². The van der Waals surface area contributed by atoms with E-state index in [1.807, 2.05) is 24.4 Å². The molecular formula is C14H19N3O. The number of nitrogens with two attached hydrogens (primary N) is 1. The first-order chi connectivity index (χ1) is 8.80. The maximum Gasteiger partial charge on any atom is 0.136 e. The molecule has 1 aromatic heterocycles. The number of fused-ring (bicyclic) bond motifs is 1. The highest BCUT2D eigenvalue weighted by molar-refractivity contribution is 5.93. The van der Waals surface area contributed by atoms with Crippen molar-refractivity contribution < 1.29 is 4.74 Å². The SMILES string of the molecule is CCN(CCN)c1nccc2ccc(OC)cc12. The molecule has 0 atom stereocenters. The van der Waals surface area contributed by atoms with Gasteiger partial charge in [0, 0.05) is 31.2 Å². The van der Waals surface area contributed by atoms with Crippen molar-refractivity contribution in [3.63, 3.8) is 0 Å². The number of hydrogen-bond acceptors (Lipinski definition) is 4. The van der Waals surface area contributed by atoms with Crippen molar-refractivity contribution in [1.82, 2.24) is 4.98 Å². The number of nitrogens with zero attached hydrogens (tertiary/aromatic N) is 2. The highest BCUT2D eigenvalue weighted by Gasteiger charge is 2.10. The number of benzene rings is 1. The summed E-state index contributed by atoms with van der Waals surface area (Å²) in [5.41, 5.74) is 5.65. The average molecular weight is 245 g/mol. The molecule has 0 saturated heterocycles. The third kappa shape index (κ3) is 2.38. The highest BCUT2D eigenvalue weighted by Crippen LogP contribution is 2.27. The van der Waals surface area contributed by atoms with Crippen LogP contribution in [0.15, 0.2) is 30.5 Å². The zero-order valence-corrected chi connectivity index (χ0v) is 10.9. The number of likely N-dealkylation sites (N-methyl/N-ethyl adjacent to an activating group) is 1. The van der Waals surface area contributed by atoms with Gasteiger partial charge in [0.1, 0.15) is 11.6 Å². The summed E-state index contributed by atoms with van der Waals surface area (Å²) >= 11 is 0. The number of anilines is 1. The lowest BCUT2D eigenvalue weighted by Gasteiger charge is -2.22. The van der Waals surface area contributed by atoms with Crippen LogP contribution in [0.4, 0.5) is 5.82 Å². The molecule has 0 aliphatic carbocycles. The minimum Gasteiger partial charge on any atom is -0.497 e. The van der Waals surface area contributed by atoms with Crippen molar-refractivity contribution >= 4 is 16.6 Å². The van der Waals surface area contributed by atoms with E-state index in [4.69, 9.17) is 10.5 Å². The Morgan fingerprint density at radius 1 is 1.33 bits per heavy atom. The Morgan fingerprint density at radius 3 is 2.83 bits per heavy atom. The third-order valence-electron chi connectivity index (χ3n) is 3.03. The molecule has 4 heteroatoms. The van der Waals surface area contributed by atoms with Crippen LogP contribution in [0.2, 0.25) is 0 Å². The minimum absolute atomic E-state index is 0.621. The van der Waals surface area contributed by atoms with Gasteiger partial charge < -0.3 is 15.4 Å². The minimum atomic E-state index is 0.621. The molecule has 4 nitrogen and oxygen atoms in total. The van der Waals surface area contributed by atoms with Gasteiger partial charge in [0.05, 0.1) is 7.11 Å². The van der Waals surface area contributed by atoms with Crippen LogP contribution >= 0.6 is 0 Å². The van der Waals surface area contributed by atoms with E-state index in [2.05, 4.69) is 22.9 Å². The first-order valence-corrected chi connectivity index (χ1v) is 6.18. The predicted molar refractivity (Wildman–Crippen MR) is 75.2 cm³/mol. The quantitative estimate of drug-likeness (QED) is 0.875. The van der Waals surface area contributed by atoms with Crippen molar-refractivity contribution in [2.75, 3.05) is 31.6 Å². The molecule has 2 aromatic rings. The Kier molecular flexibility index (Phi) is 3.99. The fourth-order valence-electron chi connectivity index (χ4n) is 2.08. The summed E-state index contributed by atoms with van der Waals surface area (Å²) in [6.07, 6.45) is 1.84. The Bertz CT molecular complexity index is 527. The highest BCUT2D eigenvalue weighted by atomic mass is 16.5. The molecule has 0 aliphatic heterocycles. The van der Waals surface area contributed by atoms with E-state index >= 15 is 0 Å². The largest absolute Gasteiger partial charge is 0.497 e. The van der Waals surface area contributed by atoms with Crippen molar-refractivity contribution in [2.45, 2.75) is 6.92 Å². The van der Waals surface area contributed by atoms with E-state index in [0.29, 0.717) is 6.54 Å². The molecule has 0 saturated carbocycles. The predicted octanol–water partition coefficient (Wildman–Crippen LogP) is 2.03. The molecule has 1 heterocycles. The van der Waals surface area contributed by atoms with Crippen LogP contribution in [-0.4, -0.2) is 31.7 Å². The normalized spacial score (nSPS) is 10.6. The van der Waals surface area contributed by atoms with Gasteiger partial charge in [-0.2, -0.15) is 0 Å². The van der Waals surface area contributed by atoms with Crippen molar-refractivity contribution in [1.29, 1.82) is 0 Å². The third-order valence-corrected chi connectivity index (χ3v) is 3.03. The Balaban J connectivity index is 2.54. The molecule has 0 amide bonds. The summed E-state index contributed by atoms with van der Waals surface area (Å²) in [5, 5.41) is 2.27. The molecule has 0 spiro atoms. The van der Waals surface area contributed by atoms with Crippen LogP contribution in [0, 0.1) is 0 Å². The monoisotopic (exact) mass is 245 g/mol. The zero-order chi connectivity index (χ0) is 13.0. The Labute approximate surface area is 107 Å². The van der Waals surface area contributed by atoms with Crippen LogP contribution in [0.1, 0.15) is 6.92 Å². The summed E-state index contributed by atoms with van der Waals surface area (Å²) in [5.74, 6) is 1.82. The molecule has 96 valence electrons. The average Bonchev–Trinajstić information content (AvgIpc) is 2.43. The van der Waals surface area contributed by atoms with E-state index < -0.39 is 0 Å². The molecule has 0 unspecified atom stereocenters. The summed E-state index contributed by atoms with van der Waals surface area (Å²) in [7, 11) is 1.68. The van der Waals surface area contributed by atoms with Crippen LogP contribution in [0.3, 0.4) is 0 Å². The molecule has 0 fully saturated rings. The lowest BCUT2D eigenvalue weighted by molar-refractivity contribution is 0.415. The molecule has 0 aliphatic rings. The summed E-state index contributed by atoms with van der Waals surface area (Å²) < 4.78 is 5.28. The van der Waals surface area contributed by atoms with Gasteiger partial charge in [-0.25, -0.2) is 4.98 Å². The molecular weight excluding hydrogens is 226 g/mol. The van der Waals surface area contributed by atoms with Gasteiger partial charge in [0.2, 0.25) is 0 Å². The molecule has 2 N–H and O–H groups in total. The molecule has 18 heavy (non-hydrogen) atoms. The van der Waals surface area contributed by atoms with Crippen molar-refractivity contribution in [2.24, 2.45) is 5.73 Å². The maximum absolute atomic E-state index is 5.65. The van der Waals surface area contributed by atoms with Crippen LogP contribution in [-0.2, 0) is 0 Å². The Hall–Kier alpha value is -1.81. The topological polar surface area (TPSA) is 51.4 Å². The number of pyridine rings is 1. The second-order valence-corrected chi connectivity index (χ2v) is 4.09. The van der Waals surface area contributed by atoms with Crippen molar-refractivity contribution in [3.05, 3.63) is 30.5 Å². The maximum atomic E-state index is 5.65. The standard InChI is InChI=1S/C14H19N3O/c1-3-17(9-7-15)14-13-10-12(18-2)5-4-11(13)6-8-16-14/h4-6,8,10H,3,7,9,15H2,1-2H3. The first-order valence-electron chi connectivity index (χ1n) is 6.18. The van der Waals surface area contributed by atoms with Crippen LogP contribution < -0.4 is 15.4 Å². The Morgan fingerprint density at radius 2 is 2.17 bits per heavy atom. The van der Waals surface area contributed by atoms with Gasteiger partial charge >= 0.3 is 0 Å². The van der Waals surface area contributed by atoms with E-state index in [1.165, 1.54) is 0 Å². The van der Waals surface area contributed by atoms with E-state index in [1.54, 1.807) is 7.11 Å². The number of methoxy groups -OCH3 is 1. The summed E-state index contributed by atoms with van der Waals surface area (Å²) in [4.78, 5) is 6.67. The molecule has 2 rings (SSSR count). The number of ether oxygens (including phenoxy) is 1. The van der Waals surface area contributed by atoms with Gasteiger partial charge in [0.25, 0.3) is 0 Å². The zero-order valence-electron chi connectivity index (χ0n) is 10.9. The molecule has 0 radical (unpaired) electrons. The number of rotatable bonds is 5. The van der Waals surface area contributed by atoms with Crippen molar-refractivity contribution in [3.8, 4) is 5.75 Å². The van der Waals surface area contributed by atoms with E-state index in [9.17, 15) is 0 Å². The first kappa shape index (κ1) is 12.6. The second-order valence-electron chi connectivity index (χ2n) is 4.09. The summed E-state index contributed by atoms with van der Waals surface area (Å²) in [6, 6.07) is 8.05. The van der Waals surface area contributed by atoms with Crippen LogP contribution in [0.25, 0.3) is 10.8 Å². The van der Waals surface area contributed by atoms with Crippen LogP contribution in [0.5, 0.6) is 5.75 Å². The molecule has 1 aromatic carbocycles. The fraction of sp³-hybridized carbons (Fsp3) is 0.357.